The molecule has 0 bridgehead atoms. The number of H-pyrrole nitrogens is 1. The van der Waals surface area contributed by atoms with Crippen molar-refractivity contribution in [3.63, 3.8) is 0 Å². The van der Waals surface area contributed by atoms with E-state index in [2.05, 4.69) is 34.3 Å². The average molecular weight is 424 g/mol. The van der Waals surface area contributed by atoms with E-state index in [1.165, 1.54) is 5.56 Å². The van der Waals surface area contributed by atoms with Gasteiger partial charge in [0.2, 0.25) is 5.91 Å². The summed E-state index contributed by atoms with van der Waals surface area (Å²) in [7, 11) is 4.03. The summed E-state index contributed by atoms with van der Waals surface area (Å²) in [5, 5.41) is 3.14. The van der Waals surface area contributed by atoms with Gasteiger partial charge in [-0.15, -0.1) is 0 Å². The van der Waals surface area contributed by atoms with Crippen LogP contribution in [-0.4, -0.2) is 42.5 Å². The van der Waals surface area contributed by atoms with Gasteiger partial charge in [-0.1, -0.05) is 56.2 Å². The molecule has 3 aromatic rings. The number of hydrogen-bond acceptors (Lipinski definition) is 4. The van der Waals surface area contributed by atoms with Crippen molar-refractivity contribution in [1.82, 2.24) is 15.2 Å². The molecule has 31 heavy (non-hydrogen) atoms. The predicted molar refractivity (Wildman–Crippen MR) is 124 cm³/mol. The highest BCUT2D eigenvalue weighted by Gasteiger charge is 2.18. The lowest BCUT2D eigenvalue weighted by atomic mass is 9.90. The minimum absolute atomic E-state index is 0.0869. The molecule has 6 nitrogen and oxygen atoms in total. The number of amides is 1. The van der Waals surface area contributed by atoms with E-state index in [-0.39, 0.29) is 17.9 Å². The van der Waals surface area contributed by atoms with Gasteiger partial charge in [-0.3, -0.25) is 9.78 Å². The zero-order valence-corrected chi connectivity index (χ0v) is 18.7. The Morgan fingerprint density at radius 3 is 2.65 bits per heavy atom. The van der Waals surface area contributed by atoms with Gasteiger partial charge in [0.05, 0.1) is 5.52 Å². The minimum Gasteiger partial charge on any atom is -0.408 e. The molecule has 0 fully saturated rings. The summed E-state index contributed by atoms with van der Waals surface area (Å²) in [5.74, 6) is -0.110. The van der Waals surface area contributed by atoms with E-state index in [1.54, 1.807) is 0 Å². The molecular formula is C25H33N3O3. The number of oxazole rings is 1. The van der Waals surface area contributed by atoms with Gasteiger partial charge in [0.1, 0.15) is 0 Å². The lowest BCUT2D eigenvalue weighted by Gasteiger charge is -2.25. The van der Waals surface area contributed by atoms with Gasteiger partial charge < -0.3 is 14.6 Å². The number of benzene rings is 2. The highest BCUT2D eigenvalue weighted by molar-refractivity contribution is 5.77. The standard InChI is InChI=1S/C25H33N3O3/c1-4-5-9-20(19-10-7-6-8-11-19)16-24(29)26-17-21(28(2)3)14-18-12-13-22-23(15-18)31-25(30)27-22/h6-8,10-13,15,20-21H,4-5,9,14,16-17H2,1-3H3,(H,26,29)(H,27,30)/t20-,21-/m0/s1. The first-order chi connectivity index (χ1) is 15.0. The number of nitrogens with one attached hydrogen (secondary N) is 2. The molecule has 1 aromatic heterocycles. The Morgan fingerprint density at radius 1 is 1.16 bits per heavy atom. The first-order valence-corrected chi connectivity index (χ1v) is 11.1. The van der Waals surface area contributed by atoms with Crippen molar-refractivity contribution in [2.24, 2.45) is 0 Å². The van der Waals surface area contributed by atoms with Crippen molar-refractivity contribution >= 4 is 17.0 Å². The van der Waals surface area contributed by atoms with Crippen LogP contribution in [0.15, 0.2) is 57.7 Å². The topological polar surface area (TPSA) is 78.3 Å². The van der Waals surface area contributed by atoms with Crippen LogP contribution in [0.25, 0.3) is 11.1 Å². The third-order valence-corrected chi connectivity index (χ3v) is 5.83. The molecule has 0 saturated heterocycles. The van der Waals surface area contributed by atoms with Crippen molar-refractivity contribution < 1.29 is 9.21 Å². The van der Waals surface area contributed by atoms with Gasteiger partial charge in [-0.2, -0.15) is 0 Å². The molecule has 0 saturated carbocycles. The maximum absolute atomic E-state index is 12.8. The molecular weight excluding hydrogens is 390 g/mol. The van der Waals surface area contributed by atoms with Crippen molar-refractivity contribution in [1.29, 1.82) is 0 Å². The van der Waals surface area contributed by atoms with E-state index in [4.69, 9.17) is 4.42 Å². The van der Waals surface area contributed by atoms with Gasteiger partial charge in [0.15, 0.2) is 5.58 Å². The Labute approximate surface area is 183 Å². The summed E-state index contributed by atoms with van der Waals surface area (Å²) in [6.07, 6.45) is 4.51. The smallest absolute Gasteiger partial charge is 0.408 e. The Morgan fingerprint density at radius 2 is 1.94 bits per heavy atom. The second kappa shape index (κ2) is 11.0. The normalized spacial score (nSPS) is 13.4. The number of carbonyl (C=O) groups is 1. The SMILES string of the molecule is CCCC[C@@H](CC(=O)NC[C@H](Cc1ccc2[nH]c(=O)oc2c1)N(C)C)c1ccccc1. The third kappa shape index (κ3) is 6.56. The molecule has 6 heteroatoms. The molecule has 2 N–H and O–H groups in total. The molecule has 0 unspecified atom stereocenters. The molecule has 0 aliphatic carbocycles. The largest absolute Gasteiger partial charge is 0.417 e. The molecule has 3 rings (SSSR count). The second-order valence-electron chi connectivity index (χ2n) is 8.42. The molecule has 0 aliphatic rings. The summed E-state index contributed by atoms with van der Waals surface area (Å²) >= 11 is 0. The van der Waals surface area contributed by atoms with Gasteiger partial charge in [-0.25, -0.2) is 4.79 Å². The first-order valence-electron chi connectivity index (χ1n) is 11.1. The number of fused-ring (bicyclic) bond motifs is 1. The highest BCUT2D eigenvalue weighted by Crippen LogP contribution is 2.25. The van der Waals surface area contributed by atoms with Crippen molar-refractivity contribution in [3.8, 4) is 0 Å². The van der Waals surface area contributed by atoms with Gasteiger partial charge in [0, 0.05) is 19.0 Å². The number of aromatic amines is 1. The van der Waals surface area contributed by atoms with Crippen LogP contribution in [0.4, 0.5) is 0 Å². The Hall–Kier alpha value is -2.86. The molecule has 2 aromatic carbocycles. The van der Waals surface area contributed by atoms with Gasteiger partial charge in [0.25, 0.3) is 0 Å². The molecule has 0 spiro atoms. The van der Waals surface area contributed by atoms with Crippen LogP contribution < -0.4 is 11.1 Å². The van der Waals surface area contributed by atoms with E-state index < -0.39 is 5.76 Å². The first kappa shape index (κ1) is 22.8. The highest BCUT2D eigenvalue weighted by atomic mass is 16.4. The fraction of sp³-hybridized carbons (Fsp3) is 0.440. The number of unbranched alkanes of at least 4 members (excludes halogenated alkanes) is 1. The van der Waals surface area contributed by atoms with Crippen molar-refractivity contribution in [2.45, 2.75) is 51.0 Å². The van der Waals surface area contributed by atoms with E-state index >= 15 is 0 Å². The summed E-state index contributed by atoms with van der Waals surface area (Å²) in [6.45, 7) is 2.75. The van der Waals surface area contributed by atoms with Crippen molar-refractivity contribution in [2.75, 3.05) is 20.6 Å². The van der Waals surface area contributed by atoms with Crippen LogP contribution in [0.5, 0.6) is 0 Å². The zero-order valence-electron chi connectivity index (χ0n) is 18.7. The van der Waals surface area contributed by atoms with Gasteiger partial charge in [-0.05, 0) is 56.1 Å². The van der Waals surface area contributed by atoms with Crippen LogP contribution in [0.3, 0.4) is 0 Å². The van der Waals surface area contributed by atoms with E-state index in [0.29, 0.717) is 24.1 Å². The van der Waals surface area contributed by atoms with Crippen LogP contribution >= 0.6 is 0 Å². The summed E-state index contributed by atoms with van der Waals surface area (Å²) in [4.78, 5) is 28.9. The zero-order chi connectivity index (χ0) is 22.2. The van der Waals surface area contributed by atoms with Crippen LogP contribution in [0, 0.1) is 0 Å². The Bertz CT molecular complexity index is 1020. The van der Waals surface area contributed by atoms with E-state index in [0.717, 1.165) is 31.2 Å². The Balaban J connectivity index is 1.60. The molecule has 166 valence electrons. The lowest BCUT2D eigenvalue weighted by Crippen LogP contribution is -2.41. The minimum atomic E-state index is -0.445. The molecule has 1 heterocycles. The fourth-order valence-corrected chi connectivity index (χ4v) is 3.92. The predicted octanol–water partition coefficient (Wildman–Crippen LogP) is 4.07. The second-order valence-corrected chi connectivity index (χ2v) is 8.42. The monoisotopic (exact) mass is 423 g/mol. The molecule has 2 atom stereocenters. The summed E-state index contributed by atoms with van der Waals surface area (Å²) < 4.78 is 5.17. The van der Waals surface area contributed by atoms with Crippen LogP contribution in [0.1, 0.15) is 49.7 Å². The number of nitrogens with zero attached hydrogens (tertiary/aromatic N) is 1. The number of hydrogen-bond donors (Lipinski definition) is 2. The number of rotatable bonds is 11. The van der Waals surface area contributed by atoms with E-state index in [9.17, 15) is 9.59 Å². The maximum Gasteiger partial charge on any atom is 0.417 e. The quantitative estimate of drug-likeness (QED) is 0.487. The summed E-state index contributed by atoms with van der Waals surface area (Å²) in [6, 6.07) is 16.2. The molecule has 0 aliphatic heterocycles. The lowest BCUT2D eigenvalue weighted by molar-refractivity contribution is -0.121. The maximum atomic E-state index is 12.8. The van der Waals surface area contributed by atoms with Crippen LogP contribution in [-0.2, 0) is 11.2 Å². The van der Waals surface area contributed by atoms with Gasteiger partial charge >= 0.3 is 5.76 Å². The van der Waals surface area contributed by atoms with E-state index in [1.807, 2.05) is 50.5 Å². The third-order valence-electron chi connectivity index (χ3n) is 5.83. The van der Waals surface area contributed by atoms with Crippen molar-refractivity contribution in [3.05, 3.63) is 70.2 Å². The molecule has 1 amide bonds. The number of likely N-dealkylation sites (N-methyl/N-ethyl adjacent to an activating group) is 1. The number of carbonyl (C=O) groups excluding carboxylic acids is 1. The fourth-order valence-electron chi connectivity index (χ4n) is 3.92. The average Bonchev–Trinajstić information content (AvgIpc) is 3.13. The molecule has 0 radical (unpaired) electrons. The van der Waals surface area contributed by atoms with Crippen LogP contribution in [0.2, 0.25) is 0 Å². The number of aromatic nitrogens is 1. The summed E-state index contributed by atoms with van der Waals surface area (Å²) in [5.41, 5.74) is 3.55. The Kier molecular flexibility index (Phi) is 8.06.